The minimum absolute atomic E-state index is 0.0161. The van der Waals surface area contributed by atoms with Crippen LogP contribution in [0.4, 0.5) is 0 Å². The van der Waals surface area contributed by atoms with E-state index < -0.39 is 0 Å². The lowest BCUT2D eigenvalue weighted by molar-refractivity contribution is -0.119. The summed E-state index contributed by atoms with van der Waals surface area (Å²) in [5.41, 5.74) is 1.94. The summed E-state index contributed by atoms with van der Waals surface area (Å²) in [5, 5.41) is 13.3. The standard InChI is InChI=1S/C25H31ClN4O2S/c1-18(2)16-22(19-10-5-4-6-11-19)27-23(31)17-33-25-29-28-24(30(25)14-9-15-32-3)20-12-7-8-13-21(20)26/h4-8,10-13,18,22H,9,14-17H2,1-3H3,(H,27,31). The summed E-state index contributed by atoms with van der Waals surface area (Å²) < 4.78 is 7.23. The Balaban J connectivity index is 1.73. The Morgan fingerprint density at radius 1 is 1.12 bits per heavy atom. The van der Waals surface area contributed by atoms with Gasteiger partial charge in [0.25, 0.3) is 0 Å². The minimum Gasteiger partial charge on any atom is -0.385 e. The smallest absolute Gasteiger partial charge is 0.230 e. The Labute approximate surface area is 205 Å². The first-order valence-corrected chi connectivity index (χ1v) is 12.5. The predicted octanol–water partition coefficient (Wildman–Crippen LogP) is 5.63. The minimum atomic E-state index is -0.0276. The number of carbonyl (C=O) groups excluding carboxylic acids is 1. The monoisotopic (exact) mass is 486 g/mol. The number of carbonyl (C=O) groups is 1. The van der Waals surface area contributed by atoms with Crippen LogP contribution in [0.3, 0.4) is 0 Å². The van der Waals surface area contributed by atoms with Crippen LogP contribution < -0.4 is 5.32 Å². The van der Waals surface area contributed by atoms with Crippen molar-refractivity contribution in [2.24, 2.45) is 5.92 Å². The summed E-state index contributed by atoms with van der Waals surface area (Å²) in [6.45, 7) is 5.62. The number of thioether (sulfide) groups is 1. The molecule has 0 saturated carbocycles. The molecular weight excluding hydrogens is 456 g/mol. The van der Waals surface area contributed by atoms with Crippen LogP contribution in [0.5, 0.6) is 0 Å². The molecule has 1 atom stereocenters. The Morgan fingerprint density at radius 3 is 2.55 bits per heavy atom. The van der Waals surface area contributed by atoms with Crippen molar-refractivity contribution in [1.82, 2.24) is 20.1 Å². The molecule has 1 heterocycles. The van der Waals surface area contributed by atoms with E-state index in [1.807, 2.05) is 47.0 Å². The number of rotatable bonds is 12. The number of halogens is 1. The highest BCUT2D eigenvalue weighted by atomic mass is 35.5. The third kappa shape index (κ3) is 7.32. The van der Waals surface area contributed by atoms with E-state index in [4.69, 9.17) is 16.3 Å². The third-order valence-corrected chi connectivity index (χ3v) is 6.43. The topological polar surface area (TPSA) is 69.0 Å². The van der Waals surface area contributed by atoms with Crippen LogP contribution in [0.1, 0.15) is 38.3 Å². The van der Waals surface area contributed by atoms with Crippen LogP contribution >= 0.6 is 23.4 Å². The van der Waals surface area contributed by atoms with Gasteiger partial charge in [-0.1, -0.05) is 79.7 Å². The van der Waals surface area contributed by atoms with Crippen LogP contribution in [0.25, 0.3) is 11.4 Å². The molecule has 0 fully saturated rings. The quantitative estimate of drug-likeness (QED) is 0.265. The molecule has 1 N–H and O–H groups in total. The second-order valence-corrected chi connectivity index (χ2v) is 9.58. The summed E-state index contributed by atoms with van der Waals surface area (Å²) in [6.07, 6.45) is 1.68. The van der Waals surface area contributed by atoms with Crippen LogP contribution in [-0.2, 0) is 16.1 Å². The van der Waals surface area contributed by atoms with Gasteiger partial charge in [-0.05, 0) is 36.5 Å². The lowest BCUT2D eigenvalue weighted by atomic mass is 9.97. The number of nitrogens with one attached hydrogen (secondary N) is 1. The molecule has 1 amide bonds. The zero-order valence-electron chi connectivity index (χ0n) is 19.3. The van der Waals surface area contributed by atoms with E-state index in [1.54, 1.807) is 7.11 Å². The highest BCUT2D eigenvalue weighted by molar-refractivity contribution is 7.99. The maximum absolute atomic E-state index is 12.9. The summed E-state index contributed by atoms with van der Waals surface area (Å²) in [4.78, 5) is 12.9. The molecule has 1 unspecified atom stereocenters. The number of aromatic nitrogens is 3. The summed E-state index contributed by atoms with van der Waals surface area (Å²) in [7, 11) is 1.68. The number of benzene rings is 2. The number of hydrogen-bond acceptors (Lipinski definition) is 5. The van der Waals surface area contributed by atoms with Crippen LogP contribution in [-0.4, -0.2) is 40.1 Å². The molecule has 0 spiro atoms. The molecule has 0 radical (unpaired) electrons. The zero-order chi connectivity index (χ0) is 23.6. The molecule has 0 aliphatic carbocycles. The number of nitrogens with zero attached hydrogens (tertiary/aromatic N) is 3. The average molecular weight is 487 g/mol. The first kappa shape index (κ1) is 25.3. The van der Waals surface area contributed by atoms with Gasteiger partial charge in [0.2, 0.25) is 5.91 Å². The largest absolute Gasteiger partial charge is 0.385 e. The molecule has 0 bridgehead atoms. The van der Waals surface area contributed by atoms with Gasteiger partial charge < -0.3 is 14.6 Å². The molecule has 33 heavy (non-hydrogen) atoms. The van der Waals surface area contributed by atoms with E-state index in [9.17, 15) is 4.79 Å². The van der Waals surface area contributed by atoms with E-state index in [1.165, 1.54) is 11.8 Å². The Bertz CT molecular complexity index is 1030. The molecule has 6 nitrogen and oxygen atoms in total. The third-order valence-electron chi connectivity index (χ3n) is 5.14. The molecule has 0 saturated heterocycles. The highest BCUT2D eigenvalue weighted by Crippen LogP contribution is 2.29. The van der Waals surface area contributed by atoms with Crippen molar-refractivity contribution >= 4 is 29.3 Å². The van der Waals surface area contributed by atoms with Gasteiger partial charge in [0, 0.05) is 25.8 Å². The lowest BCUT2D eigenvalue weighted by Crippen LogP contribution is -2.31. The van der Waals surface area contributed by atoms with E-state index in [-0.39, 0.29) is 17.7 Å². The second-order valence-electron chi connectivity index (χ2n) is 8.23. The van der Waals surface area contributed by atoms with Crippen LogP contribution in [0.15, 0.2) is 59.8 Å². The zero-order valence-corrected chi connectivity index (χ0v) is 20.9. The maximum atomic E-state index is 12.9. The van der Waals surface area contributed by atoms with Crippen molar-refractivity contribution in [3.05, 3.63) is 65.2 Å². The first-order valence-electron chi connectivity index (χ1n) is 11.1. The molecule has 0 aliphatic rings. The Hall–Kier alpha value is -2.35. The van der Waals surface area contributed by atoms with E-state index in [0.717, 1.165) is 24.0 Å². The lowest BCUT2D eigenvalue weighted by Gasteiger charge is -2.21. The molecule has 176 valence electrons. The number of methoxy groups -OCH3 is 1. The van der Waals surface area contributed by atoms with Gasteiger partial charge in [0.05, 0.1) is 16.8 Å². The summed E-state index contributed by atoms with van der Waals surface area (Å²) in [5.74, 6) is 1.39. The highest BCUT2D eigenvalue weighted by Gasteiger charge is 2.19. The van der Waals surface area contributed by atoms with Crippen LogP contribution in [0.2, 0.25) is 5.02 Å². The van der Waals surface area contributed by atoms with E-state index in [0.29, 0.717) is 35.1 Å². The fourth-order valence-electron chi connectivity index (χ4n) is 3.61. The average Bonchev–Trinajstić information content (AvgIpc) is 3.20. The predicted molar refractivity (Wildman–Crippen MR) is 134 cm³/mol. The molecule has 3 rings (SSSR count). The van der Waals surface area contributed by atoms with Crippen molar-refractivity contribution in [3.63, 3.8) is 0 Å². The Kier molecular flexibility index (Phi) is 9.78. The normalized spacial score (nSPS) is 12.2. The van der Waals surface area contributed by atoms with Gasteiger partial charge >= 0.3 is 0 Å². The molecule has 0 aliphatic heterocycles. The SMILES string of the molecule is COCCCn1c(SCC(=O)NC(CC(C)C)c2ccccc2)nnc1-c1ccccc1Cl. The van der Waals surface area contributed by atoms with Gasteiger partial charge in [0.15, 0.2) is 11.0 Å². The van der Waals surface area contributed by atoms with Crippen molar-refractivity contribution in [1.29, 1.82) is 0 Å². The Morgan fingerprint density at radius 2 is 1.85 bits per heavy atom. The fraction of sp³-hybridized carbons (Fsp3) is 0.400. The molecular formula is C25H31ClN4O2S. The number of amides is 1. The molecule has 2 aromatic carbocycles. The van der Waals surface area contributed by atoms with Gasteiger partial charge in [-0.3, -0.25) is 4.79 Å². The van der Waals surface area contributed by atoms with Crippen molar-refractivity contribution in [3.8, 4) is 11.4 Å². The maximum Gasteiger partial charge on any atom is 0.230 e. The van der Waals surface area contributed by atoms with E-state index in [2.05, 4.69) is 41.5 Å². The number of hydrogen-bond donors (Lipinski definition) is 1. The molecule has 1 aromatic heterocycles. The first-order chi connectivity index (χ1) is 16.0. The van der Waals surface area contributed by atoms with Gasteiger partial charge in [-0.15, -0.1) is 10.2 Å². The summed E-state index contributed by atoms with van der Waals surface area (Å²) >= 11 is 7.79. The molecule has 3 aromatic rings. The number of ether oxygens (including phenoxy) is 1. The van der Waals surface area contributed by atoms with E-state index >= 15 is 0 Å². The van der Waals surface area contributed by atoms with Gasteiger partial charge in [-0.2, -0.15) is 0 Å². The van der Waals surface area contributed by atoms with Gasteiger partial charge in [0.1, 0.15) is 0 Å². The second kappa shape index (κ2) is 12.8. The molecule has 8 heteroatoms. The van der Waals surface area contributed by atoms with Crippen molar-refractivity contribution in [2.45, 2.75) is 44.4 Å². The van der Waals surface area contributed by atoms with Crippen molar-refractivity contribution in [2.75, 3.05) is 19.5 Å². The van der Waals surface area contributed by atoms with Gasteiger partial charge in [-0.25, -0.2) is 0 Å². The van der Waals surface area contributed by atoms with Crippen molar-refractivity contribution < 1.29 is 9.53 Å². The summed E-state index contributed by atoms with van der Waals surface area (Å²) in [6, 6.07) is 17.7. The fourth-order valence-corrected chi connectivity index (χ4v) is 4.60. The van der Waals surface area contributed by atoms with Crippen LogP contribution in [0, 0.1) is 5.92 Å².